The molecule has 1 fully saturated rings. The molecule has 0 bridgehead atoms. The third-order valence-electron chi connectivity index (χ3n) is 3.70. The molecule has 2 aromatic rings. The highest BCUT2D eigenvalue weighted by molar-refractivity contribution is 5.29. The number of hydrogen-bond acceptors (Lipinski definition) is 4. The van der Waals surface area contributed by atoms with Crippen LogP contribution in [0.5, 0.6) is 0 Å². The number of rotatable bonds is 3. The predicted molar refractivity (Wildman–Crippen MR) is 75.1 cm³/mol. The van der Waals surface area contributed by atoms with Gasteiger partial charge < -0.3 is 10.3 Å². The first-order valence-corrected chi connectivity index (χ1v) is 6.86. The van der Waals surface area contributed by atoms with Crippen LogP contribution in [-0.4, -0.2) is 36.4 Å². The van der Waals surface area contributed by atoms with E-state index in [4.69, 9.17) is 10.3 Å². The summed E-state index contributed by atoms with van der Waals surface area (Å²) in [6.45, 7) is 6.60. The number of nitrogens with zero attached hydrogens (tertiary/aromatic N) is 4. The molecule has 1 aromatic carbocycles. The summed E-state index contributed by atoms with van der Waals surface area (Å²) in [7, 11) is 0. The lowest BCUT2D eigenvalue weighted by molar-refractivity contribution is -0.764. The summed E-state index contributed by atoms with van der Waals surface area (Å²) in [6, 6.07) is 10.5. The molecule has 1 aliphatic rings. The molecular weight excluding hydrogens is 254 g/mol. The molecule has 1 saturated heterocycles. The Bertz CT molecular complexity index is 560. The molecular formula is C14H19N5O. The molecule has 0 radical (unpaired) electrons. The van der Waals surface area contributed by atoms with Crippen molar-refractivity contribution >= 4 is 5.88 Å². The molecule has 2 heterocycles. The molecule has 0 atom stereocenters. The Labute approximate surface area is 118 Å². The van der Waals surface area contributed by atoms with Gasteiger partial charge in [-0.1, -0.05) is 30.3 Å². The molecule has 0 spiro atoms. The maximum absolute atomic E-state index is 7.56. The molecule has 0 saturated carbocycles. The van der Waals surface area contributed by atoms with Crippen molar-refractivity contribution in [2.45, 2.75) is 13.5 Å². The van der Waals surface area contributed by atoms with Crippen LogP contribution in [0.1, 0.15) is 11.3 Å². The average molecular weight is 273 g/mol. The molecule has 1 aliphatic heterocycles. The Morgan fingerprint density at radius 3 is 2.50 bits per heavy atom. The van der Waals surface area contributed by atoms with E-state index in [-0.39, 0.29) is 5.88 Å². The molecule has 6 heteroatoms. The fourth-order valence-electron chi connectivity index (χ4n) is 2.49. The highest BCUT2D eigenvalue weighted by Crippen LogP contribution is 2.11. The normalized spacial score (nSPS) is 16.6. The van der Waals surface area contributed by atoms with Crippen molar-refractivity contribution in [3.05, 3.63) is 47.3 Å². The van der Waals surface area contributed by atoms with Crippen molar-refractivity contribution in [1.29, 1.82) is 0 Å². The van der Waals surface area contributed by atoms with E-state index in [0.29, 0.717) is 0 Å². The summed E-state index contributed by atoms with van der Waals surface area (Å²) in [5, 5.41) is 6.03. The van der Waals surface area contributed by atoms with E-state index in [9.17, 15) is 0 Å². The molecule has 1 aromatic heterocycles. The second-order valence-corrected chi connectivity index (χ2v) is 5.09. The summed E-state index contributed by atoms with van der Waals surface area (Å²) in [5.74, 6) is 0.136. The van der Waals surface area contributed by atoms with Gasteiger partial charge in [0.2, 0.25) is 5.27 Å². The van der Waals surface area contributed by atoms with Crippen molar-refractivity contribution in [1.82, 2.24) is 10.2 Å². The first-order chi connectivity index (χ1) is 9.74. The lowest BCUT2D eigenvalue weighted by Crippen LogP contribution is -2.66. The van der Waals surface area contributed by atoms with E-state index in [0.717, 1.165) is 38.4 Å². The van der Waals surface area contributed by atoms with Gasteiger partial charge in [-0.3, -0.25) is 4.90 Å². The molecule has 3 rings (SSSR count). The summed E-state index contributed by atoms with van der Waals surface area (Å²) in [4.78, 5) is 4.14. The molecule has 0 amide bonds. The van der Waals surface area contributed by atoms with Gasteiger partial charge in [0, 0.05) is 26.6 Å². The standard InChI is InChI=1S/C14H19N5O/c1-12-14(15)20-16-19(12)18-9-7-17(8-10-18)11-13-5-3-2-4-6-13/h2-6,15H,7-11H2,1H3. The number of piperazine rings is 1. The summed E-state index contributed by atoms with van der Waals surface area (Å²) >= 11 is 0. The quantitative estimate of drug-likeness (QED) is 0.793. The van der Waals surface area contributed by atoms with Crippen LogP contribution < -0.4 is 9.80 Å². The highest BCUT2D eigenvalue weighted by Gasteiger charge is 2.27. The van der Waals surface area contributed by atoms with Crippen LogP contribution in [-0.2, 0) is 6.54 Å². The summed E-state index contributed by atoms with van der Waals surface area (Å²) in [6.07, 6.45) is 0. The van der Waals surface area contributed by atoms with Crippen LogP contribution >= 0.6 is 0 Å². The average Bonchev–Trinajstić information content (AvgIpc) is 2.81. The fraction of sp³-hybridized carbons (Fsp3) is 0.429. The van der Waals surface area contributed by atoms with Gasteiger partial charge in [0.05, 0.1) is 17.9 Å². The van der Waals surface area contributed by atoms with E-state index in [2.05, 4.69) is 39.4 Å². The van der Waals surface area contributed by atoms with Crippen LogP contribution in [0.4, 0.5) is 5.88 Å². The number of nitrogens with one attached hydrogen (secondary N) is 1. The maximum atomic E-state index is 7.56. The van der Waals surface area contributed by atoms with E-state index in [1.54, 1.807) is 4.79 Å². The SMILES string of the molecule is Cc1c([NH-])on[n+]1N1CCN(Cc2ccccc2)CC1. The predicted octanol–water partition coefficient (Wildman–Crippen LogP) is 1.41. The van der Waals surface area contributed by atoms with Gasteiger partial charge in [0.15, 0.2) is 0 Å². The van der Waals surface area contributed by atoms with Gasteiger partial charge in [-0.25, -0.2) is 0 Å². The maximum Gasteiger partial charge on any atom is 0.265 e. The number of hydrogen-bond donors (Lipinski definition) is 0. The van der Waals surface area contributed by atoms with Crippen molar-refractivity contribution in [2.75, 3.05) is 31.2 Å². The largest absolute Gasteiger partial charge is 0.660 e. The lowest BCUT2D eigenvalue weighted by Gasteiger charge is -2.30. The van der Waals surface area contributed by atoms with Crippen LogP contribution in [0.15, 0.2) is 34.9 Å². The minimum Gasteiger partial charge on any atom is -0.660 e. The second-order valence-electron chi connectivity index (χ2n) is 5.09. The topological polar surface area (TPSA) is 60.2 Å². The number of benzene rings is 1. The number of aromatic nitrogens is 2. The Kier molecular flexibility index (Phi) is 3.56. The fourth-order valence-corrected chi connectivity index (χ4v) is 2.49. The summed E-state index contributed by atoms with van der Waals surface area (Å²) < 4.78 is 4.90. The van der Waals surface area contributed by atoms with Crippen molar-refractivity contribution in [3.8, 4) is 0 Å². The Morgan fingerprint density at radius 2 is 1.90 bits per heavy atom. The third-order valence-corrected chi connectivity index (χ3v) is 3.70. The summed E-state index contributed by atoms with van der Waals surface area (Å²) in [5.41, 5.74) is 9.66. The zero-order valence-corrected chi connectivity index (χ0v) is 11.6. The second kappa shape index (κ2) is 5.50. The molecule has 1 N–H and O–H groups in total. The first kappa shape index (κ1) is 12.9. The minimum absolute atomic E-state index is 0.136. The van der Waals surface area contributed by atoms with Crippen LogP contribution in [0.25, 0.3) is 5.73 Å². The molecule has 0 unspecified atom stereocenters. The Balaban J connectivity index is 1.58. The van der Waals surface area contributed by atoms with Gasteiger partial charge >= 0.3 is 0 Å². The zero-order chi connectivity index (χ0) is 13.9. The van der Waals surface area contributed by atoms with Crippen molar-refractivity contribution in [3.63, 3.8) is 0 Å². The molecule has 0 aliphatic carbocycles. The van der Waals surface area contributed by atoms with E-state index < -0.39 is 0 Å². The smallest absolute Gasteiger partial charge is 0.265 e. The van der Waals surface area contributed by atoms with Crippen LogP contribution in [0, 0.1) is 6.92 Å². The molecule has 6 nitrogen and oxygen atoms in total. The van der Waals surface area contributed by atoms with Crippen molar-refractivity contribution in [2.24, 2.45) is 0 Å². The molecule has 20 heavy (non-hydrogen) atoms. The van der Waals surface area contributed by atoms with E-state index in [1.165, 1.54) is 5.56 Å². The van der Waals surface area contributed by atoms with Gasteiger partial charge in [-0.05, 0) is 5.56 Å². The lowest BCUT2D eigenvalue weighted by atomic mass is 10.2. The highest BCUT2D eigenvalue weighted by atomic mass is 16.5. The Morgan fingerprint density at radius 1 is 1.20 bits per heavy atom. The first-order valence-electron chi connectivity index (χ1n) is 6.86. The Hall–Kier alpha value is -2.08. The van der Waals surface area contributed by atoms with Crippen LogP contribution in [0.2, 0.25) is 0 Å². The van der Waals surface area contributed by atoms with E-state index >= 15 is 0 Å². The van der Waals surface area contributed by atoms with Crippen molar-refractivity contribution < 1.29 is 9.31 Å². The molecule has 106 valence electrons. The third kappa shape index (κ3) is 2.60. The van der Waals surface area contributed by atoms with Gasteiger partial charge in [-0.15, -0.1) is 0 Å². The monoisotopic (exact) mass is 273 g/mol. The van der Waals surface area contributed by atoms with Crippen LogP contribution in [0.3, 0.4) is 0 Å². The minimum atomic E-state index is 0.136. The van der Waals surface area contributed by atoms with Gasteiger partial charge in [-0.2, -0.15) is 5.01 Å². The van der Waals surface area contributed by atoms with Gasteiger partial charge in [0.1, 0.15) is 5.88 Å². The van der Waals surface area contributed by atoms with Gasteiger partial charge in [0.25, 0.3) is 5.69 Å². The zero-order valence-electron chi connectivity index (χ0n) is 11.6. The van der Waals surface area contributed by atoms with E-state index in [1.807, 2.05) is 13.0 Å².